The molecular formula is C22H20N2O7. The summed E-state index contributed by atoms with van der Waals surface area (Å²) >= 11 is 0. The van der Waals surface area contributed by atoms with Gasteiger partial charge in [-0.25, -0.2) is 9.69 Å². The van der Waals surface area contributed by atoms with Gasteiger partial charge in [-0.1, -0.05) is 19.1 Å². The number of imide groups is 2. The number of amides is 4. The number of ether oxygens (including phenoxy) is 3. The minimum absolute atomic E-state index is 0.192. The van der Waals surface area contributed by atoms with Crippen LogP contribution >= 0.6 is 0 Å². The third-order valence-corrected chi connectivity index (χ3v) is 4.42. The van der Waals surface area contributed by atoms with Crippen molar-refractivity contribution in [3.05, 3.63) is 53.6 Å². The van der Waals surface area contributed by atoms with E-state index < -0.39 is 23.8 Å². The van der Waals surface area contributed by atoms with Crippen molar-refractivity contribution in [1.29, 1.82) is 0 Å². The maximum absolute atomic E-state index is 13.0. The molecule has 160 valence electrons. The largest absolute Gasteiger partial charge is 0.497 e. The monoisotopic (exact) mass is 424 g/mol. The number of hydrogen-bond donors (Lipinski definition) is 1. The molecular weight excluding hydrogens is 404 g/mol. The van der Waals surface area contributed by atoms with Gasteiger partial charge in [0.2, 0.25) is 0 Å². The lowest BCUT2D eigenvalue weighted by atomic mass is 10.1. The highest BCUT2D eigenvalue weighted by Gasteiger charge is 2.37. The molecule has 0 atom stereocenters. The van der Waals surface area contributed by atoms with Crippen LogP contribution in [0.15, 0.2) is 48.0 Å². The third kappa shape index (κ3) is 4.55. The molecule has 0 bridgehead atoms. The Bertz CT molecular complexity index is 1090. The van der Waals surface area contributed by atoms with Crippen LogP contribution in [0.1, 0.15) is 18.9 Å². The van der Waals surface area contributed by atoms with Gasteiger partial charge in [0.15, 0.2) is 11.5 Å². The number of urea groups is 1. The van der Waals surface area contributed by atoms with Crippen LogP contribution in [-0.4, -0.2) is 38.0 Å². The quantitative estimate of drug-likeness (QED) is 0.328. The molecule has 31 heavy (non-hydrogen) atoms. The Kier molecular flexibility index (Phi) is 6.35. The van der Waals surface area contributed by atoms with E-state index in [1.807, 2.05) is 0 Å². The summed E-state index contributed by atoms with van der Waals surface area (Å²) in [6, 6.07) is 10.0. The summed E-state index contributed by atoms with van der Waals surface area (Å²) in [5, 5.41) is 2.16. The summed E-state index contributed by atoms with van der Waals surface area (Å²) in [7, 11) is 2.86. The van der Waals surface area contributed by atoms with Crippen LogP contribution in [0.5, 0.6) is 17.2 Å². The Labute approximate surface area is 178 Å². The van der Waals surface area contributed by atoms with Crippen molar-refractivity contribution >= 4 is 35.6 Å². The van der Waals surface area contributed by atoms with Crippen LogP contribution < -0.4 is 24.4 Å². The second-order valence-electron chi connectivity index (χ2n) is 6.40. The number of methoxy groups -OCH3 is 2. The average molecular weight is 424 g/mol. The van der Waals surface area contributed by atoms with Gasteiger partial charge in [0.05, 0.1) is 19.9 Å². The van der Waals surface area contributed by atoms with Gasteiger partial charge < -0.3 is 14.2 Å². The number of hydrogen-bond acceptors (Lipinski definition) is 7. The second-order valence-corrected chi connectivity index (χ2v) is 6.40. The zero-order valence-corrected chi connectivity index (χ0v) is 17.1. The summed E-state index contributed by atoms with van der Waals surface area (Å²) in [6.07, 6.45) is 1.52. The summed E-state index contributed by atoms with van der Waals surface area (Å²) < 4.78 is 15.6. The Balaban J connectivity index is 1.97. The van der Waals surface area contributed by atoms with Crippen molar-refractivity contribution in [1.82, 2.24) is 5.32 Å². The predicted octanol–water partition coefficient (Wildman–Crippen LogP) is 2.69. The van der Waals surface area contributed by atoms with Crippen molar-refractivity contribution in [2.75, 3.05) is 19.1 Å². The van der Waals surface area contributed by atoms with Gasteiger partial charge >= 0.3 is 12.0 Å². The molecule has 1 saturated heterocycles. The smallest absolute Gasteiger partial charge is 0.335 e. The van der Waals surface area contributed by atoms with Gasteiger partial charge in [-0.15, -0.1) is 0 Å². The lowest BCUT2D eigenvalue weighted by Gasteiger charge is -2.26. The topological polar surface area (TPSA) is 111 Å². The van der Waals surface area contributed by atoms with Crippen molar-refractivity contribution in [2.45, 2.75) is 13.3 Å². The van der Waals surface area contributed by atoms with Gasteiger partial charge in [-0.05, 0) is 35.9 Å². The highest BCUT2D eigenvalue weighted by atomic mass is 16.6. The number of carbonyl (C=O) groups excluding carboxylic acids is 4. The molecule has 1 aliphatic heterocycles. The van der Waals surface area contributed by atoms with E-state index in [1.54, 1.807) is 31.2 Å². The predicted molar refractivity (Wildman–Crippen MR) is 111 cm³/mol. The van der Waals surface area contributed by atoms with Crippen LogP contribution in [0.25, 0.3) is 6.08 Å². The van der Waals surface area contributed by atoms with Gasteiger partial charge in [-0.3, -0.25) is 19.7 Å². The molecule has 1 heterocycles. The van der Waals surface area contributed by atoms with Gasteiger partial charge in [0.1, 0.15) is 11.3 Å². The molecule has 0 spiro atoms. The molecule has 0 aliphatic carbocycles. The SMILES string of the molecule is CCC(=O)Oc1ccc(/C=C2/C(=O)NC(=O)N(c3cccc(OC)c3)C2=O)cc1OC. The van der Waals surface area contributed by atoms with Crippen molar-refractivity contribution < 1.29 is 33.4 Å². The molecule has 0 radical (unpaired) electrons. The van der Waals surface area contributed by atoms with Crippen molar-refractivity contribution in [2.24, 2.45) is 0 Å². The molecule has 9 nitrogen and oxygen atoms in total. The van der Waals surface area contributed by atoms with Crippen molar-refractivity contribution in [3.8, 4) is 17.2 Å². The molecule has 1 aliphatic rings. The lowest BCUT2D eigenvalue weighted by Crippen LogP contribution is -2.54. The van der Waals surface area contributed by atoms with E-state index in [1.165, 1.54) is 38.5 Å². The Morgan fingerprint density at radius 1 is 1.03 bits per heavy atom. The fraction of sp³-hybridized carbons (Fsp3) is 0.182. The van der Waals surface area contributed by atoms with E-state index in [9.17, 15) is 19.2 Å². The molecule has 1 N–H and O–H groups in total. The first-order valence-electron chi connectivity index (χ1n) is 9.32. The first kappa shape index (κ1) is 21.6. The van der Waals surface area contributed by atoms with Crippen LogP contribution in [0, 0.1) is 0 Å². The van der Waals surface area contributed by atoms with Gasteiger partial charge in [0.25, 0.3) is 11.8 Å². The van der Waals surface area contributed by atoms with Crippen LogP contribution in [0.3, 0.4) is 0 Å². The minimum Gasteiger partial charge on any atom is -0.497 e. The third-order valence-electron chi connectivity index (χ3n) is 4.42. The standard InChI is InChI=1S/C22H20N2O7/c1-4-19(25)31-17-9-8-13(11-18(17)30-3)10-16-20(26)23-22(28)24(21(16)27)14-6-5-7-15(12-14)29-2/h5-12H,4H2,1-3H3,(H,23,26,28)/b16-10-. The molecule has 0 aromatic heterocycles. The first-order valence-corrected chi connectivity index (χ1v) is 9.32. The molecule has 2 aromatic rings. The summed E-state index contributed by atoms with van der Waals surface area (Å²) in [6.45, 7) is 1.66. The Morgan fingerprint density at radius 2 is 1.81 bits per heavy atom. The number of nitrogens with one attached hydrogen (secondary N) is 1. The van der Waals surface area contributed by atoms with E-state index in [0.29, 0.717) is 11.3 Å². The second kappa shape index (κ2) is 9.12. The highest BCUT2D eigenvalue weighted by molar-refractivity contribution is 6.39. The molecule has 3 rings (SSSR count). The van der Waals surface area contributed by atoms with Crippen LogP contribution in [-0.2, 0) is 14.4 Å². The fourth-order valence-electron chi connectivity index (χ4n) is 2.86. The average Bonchev–Trinajstić information content (AvgIpc) is 2.77. The maximum atomic E-state index is 13.0. The molecule has 1 fully saturated rings. The number of rotatable bonds is 6. The Morgan fingerprint density at radius 3 is 2.48 bits per heavy atom. The lowest BCUT2D eigenvalue weighted by molar-refractivity contribution is -0.134. The molecule has 2 aromatic carbocycles. The number of benzene rings is 2. The first-order chi connectivity index (χ1) is 14.9. The molecule has 9 heteroatoms. The zero-order chi connectivity index (χ0) is 22.5. The van der Waals surface area contributed by atoms with E-state index in [-0.39, 0.29) is 29.2 Å². The Hall–Kier alpha value is -4.14. The minimum atomic E-state index is -0.861. The molecule has 4 amide bonds. The van der Waals surface area contributed by atoms with E-state index in [0.717, 1.165) is 4.90 Å². The van der Waals surface area contributed by atoms with E-state index in [4.69, 9.17) is 14.2 Å². The number of carbonyl (C=O) groups is 4. The van der Waals surface area contributed by atoms with Crippen LogP contribution in [0.4, 0.5) is 10.5 Å². The van der Waals surface area contributed by atoms with E-state index in [2.05, 4.69) is 5.32 Å². The normalized spacial score (nSPS) is 15.0. The molecule has 0 unspecified atom stereocenters. The van der Waals surface area contributed by atoms with Crippen molar-refractivity contribution in [3.63, 3.8) is 0 Å². The van der Waals surface area contributed by atoms with Gasteiger partial charge in [-0.2, -0.15) is 0 Å². The highest BCUT2D eigenvalue weighted by Crippen LogP contribution is 2.30. The van der Waals surface area contributed by atoms with E-state index >= 15 is 0 Å². The fourth-order valence-corrected chi connectivity index (χ4v) is 2.86. The maximum Gasteiger partial charge on any atom is 0.335 e. The summed E-state index contributed by atoms with van der Waals surface area (Å²) in [4.78, 5) is 50.1. The van der Waals surface area contributed by atoms with Crippen LogP contribution in [0.2, 0.25) is 0 Å². The number of esters is 1. The number of nitrogens with zero attached hydrogens (tertiary/aromatic N) is 1. The molecule has 0 saturated carbocycles. The number of barbiturate groups is 1. The summed E-state index contributed by atoms with van der Waals surface area (Å²) in [5.41, 5.74) is 0.439. The van der Waals surface area contributed by atoms with Gasteiger partial charge in [0, 0.05) is 12.5 Å². The summed E-state index contributed by atoms with van der Waals surface area (Å²) in [5.74, 6) is -1.14. The number of anilines is 1. The zero-order valence-electron chi connectivity index (χ0n) is 17.1.